The van der Waals surface area contributed by atoms with E-state index in [1.807, 2.05) is 19.2 Å². The molecule has 0 bridgehead atoms. The predicted molar refractivity (Wildman–Crippen MR) is 68.0 cm³/mol. The molecule has 0 amide bonds. The van der Waals surface area contributed by atoms with Gasteiger partial charge in [-0.25, -0.2) is 0 Å². The first-order chi connectivity index (χ1) is 7.61. The molecule has 0 aliphatic carbocycles. The first kappa shape index (κ1) is 12.5. The number of rotatable bonds is 5. The lowest BCUT2D eigenvalue weighted by molar-refractivity contribution is 0.590. The number of nitrogens with two attached hydrogens (primary N) is 1. The third kappa shape index (κ3) is 2.51. The third-order valence-electron chi connectivity index (χ3n) is 2.91. The zero-order chi connectivity index (χ0) is 12.1. The van der Waals surface area contributed by atoms with Crippen LogP contribution in [0.2, 0.25) is 0 Å². The highest BCUT2D eigenvalue weighted by Gasteiger charge is 2.16. The van der Waals surface area contributed by atoms with E-state index in [2.05, 4.69) is 23.7 Å². The van der Waals surface area contributed by atoms with Crippen LogP contribution in [-0.2, 0) is 0 Å². The Morgan fingerprint density at radius 2 is 2.12 bits per heavy atom. The van der Waals surface area contributed by atoms with E-state index in [4.69, 9.17) is 11.1 Å². The number of pyridine rings is 1. The van der Waals surface area contributed by atoms with Crippen molar-refractivity contribution in [1.29, 1.82) is 5.41 Å². The summed E-state index contributed by atoms with van der Waals surface area (Å²) in [6.07, 6.45) is 3.81. The van der Waals surface area contributed by atoms with Crippen molar-refractivity contribution in [3.63, 3.8) is 0 Å². The molecule has 4 heteroatoms. The van der Waals surface area contributed by atoms with E-state index in [-0.39, 0.29) is 5.84 Å². The number of amidine groups is 1. The molecule has 1 rings (SSSR count). The summed E-state index contributed by atoms with van der Waals surface area (Å²) < 4.78 is 0. The molecule has 0 saturated heterocycles. The van der Waals surface area contributed by atoms with Gasteiger partial charge in [0.1, 0.15) is 11.5 Å². The van der Waals surface area contributed by atoms with Crippen LogP contribution in [0.25, 0.3) is 0 Å². The summed E-state index contributed by atoms with van der Waals surface area (Å²) in [6.45, 7) is 4.32. The number of hydrogen-bond acceptors (Lipinski definition) is 3. The van der Waals surface area contributed by atoms with Crippen molar-refractivity contribution >= 4 is 11.5 Å². The highest BCUT2D eigenvalue weighted by Crippen LogP contribution is 2.21. The zero-order valence-corrected chi connectivity index (χ0v) is 10.2. The molecule has 0 unspecified atom stereocenters. The molecular formula is C12H20N4. The lowest BCUT2D eigenvalue weighted by atomic mass is 10.1. The van der Waals surface area contributed by atoms with E-state index in [0.717, 1.165) is 18.5 Å². The highest BCUT2D eigenvalue weighted by atomic mass is 15.1. The lowest BCUT2D eigenvalue weighted by Crippen LogP contribution is -2.32. The first-order valence-electron chi connectivity index (χ1n) is 5.64. The van der Waals surface area contributed by atoms with Gasteiger partial charge in [0.05, 0.1) is 5.69 Å². The fourth-order valence-corrected chi connectivity index (χ4v) is 1.92. The minimum Gasteiger partial charge on any atom is -0.382 e. The quantitative estimate of drug-likeness (QED) is 0.589. The largest absolute Gasteiger partial charge is 0.382 e. The minimum absolute atomic E-state index is 0.0217. The van der Waals surface area contributed by atoms with Crippen molar-refractivity contribution in [3.05, 3.63) is 24.0 Å². The van der Waals surface area contributed by atoms with Crippen molar-refractivity contribution in [2.75, 3.05) is 11.9 Å². The predicted octanol–water partition coefficient (Wildman–Crippen LogP) is 1.99. The maximum Gasteiger partial charge on any atom is 0.143 e. The van der Waals surface area contributed by atoms with Gasteiger partial charge in [-0.15, -0.1) is 0 Å². The molecule has 1 heterocycles. The van der Waals surface area contributed by atoms with E-state index < -0.39 is 0 Å². The van der Waals surface area contributed by atoms with Crippen LogP contribution < -0.4 is 10.6 Å². The van der Waals surface area contributed by atoms with E-state index in [1.165, 1.54) is 0 Å². The Kier molecular flexibility index (Phi) is 4.28. The second-order valence-electron chi connectivity index (χ2n) is 3.87. The standard InChI is InChI=1S/C12H20N4/c1-4-9(5-2)16(3)10-7-6-8-15-11(10)12(13)14/h6-9H,4-5H2,1-3H3,(H3,13,14). The Bertz CT molecular complexity index is 358. The van der Waals surface area contributed by atoms with E-state index in [1.54, 1.807) is 6.20 Å². The molecule has 0 radical (unpaired) electrons. The van der Waals surface area contributed by atoms with Gasteiger partial charge in [0.15, 0.2) is 0 Å². The van der Waals surface area contributed by atoms with Crippen molar-refractivity contribution < 1.29 is 0 Å². The summed E-state index contributed by atoms with van der Waals surface area (Å²) >= 11 is 0. The van der Waals surface area contributed by atoms with Gasteiger partial charge < -0.3 is 10.6 Å². The van der Waals surface area contributed by atoms with Crippen molar-refractivity contribution in [2.45, 2.75) is 32.7 Å². The number of aromatic nitrogens is 1. The second kappa shape index (κ2) is 5.49. The van der Waals surface area contributed by atoms with Crippen LogP contribution in [-0.4, -0.2) is 23.9 Å². The number of anilines is 1. The topological polar surface area (TPSA) is 66.0 Å². The molecule has 0 saturated carbocycles. The third-order valence-corrected chi connectivity index (χ3v) is 2.91. The summed E-state index contributed by atoms with van der Waals surface area (Å²) in [7, 11) is 2.03. The average Bonchev–Trinajstić information content (AvgIpc) is 2.30. The Morgan fingerprint density at radius 3 is 2.62 bits per heavy atom. The van der Waals surface area contributed by atoms with Crippen LogP contribution in [0.15, 0.2) is 18.3 Å². The summed E-state index contributed by atoms with van der Waals surface area (Å²) in [5.41, 5.74) is 7.03. The summed E-state index contributed by atoms with van der Waals surface area (Å²) in [4.78, 5) is 6.32. The normalized spacial score (nSPS) is 10.5. The average molecular weight is 220 g/mol. The van der Waals surface area contributed by atoms with Crippen molar-refractivity contribution in [2.24, 2.45) is 5.73 Å². The fourth-order valence-electron chi connectivity index (χ4n) is 1.92. The molecular weight excluding hydrogens is 200 g/mol. The first-order valence-corrected chi connectivity index (χ1v) is 5.64. The van der Waals surface area contributed by atoms with Gasteiger partial charge in [0.25, 0.3) is 0 Å². The zero-order valence-electron chi connectivity index (χ0n) is 10.2. The maximum absolute atomic E-state index is 7.51. The number of hydrogen-bond donors (Lipinski definition) is 2. The molecule has 16 heavy (non-hydrogen) atoms. The molecule has 0 atom stereocenters. The van der Waals surface area contributed by atoms with Gasteiger partial charge >= 0.3 is 0 Å². The molecule has 0 fully saturated rings. The van der Waals surface area contributed by atoms with Crippen LogP contribution in [0.4, 0.5) is 5.69 Å². The minimum atomic E-state index is 0.0217. The molecule has 0 aliphatic rings. The monoisotopic (exact) mass is 220 g/mol. The smallest absolute Gasteiger partial charge is 0.143 e. The molecule has 3 N–H and O–H groups in total. The Labute approximate surface area is 97.0 Å². The number of nitrogens with one attached hydrogen (secondary N) is 1. The van der Waals surface area contributed by atoms with Crippen molar-refractivity contribution in [1.82, 2.24) is 4.98 Å². The second-order valence-corrected chi connectivity index (χ2v) is 3.87. The fraction of sp³-hybridized carbons (Fsp3) is 0.500. The number of nitrogens with zero attached hydrogens (tertiary/aromatic N) is 2. The van der Waals surface area contributed by atoms with Crippen molar-refractivity contribution in [3.8, 4) is 0 Å². The Hall–Kier alpha value is -1.58. The molecule has 0 aromatic carbocycles. The van der Waals surface area contributed by atoms with Crippen LogP contribution in [0.3, 0.4) is 0 Å². The van der Waals surface area contributed by atoms with Gasteiger partial charge in [-0.3, -0.25) is 10.4 Å². The molecule has 88 valence electrons. The molecule has 1 aromatic rings. The highest BCUT2D eigenvalue weighted by molar-refractivity contribution is 5.98. The molecule has 0 aliphatic heterocycles. The molecule has 4 nitrogen and oxygen atoms in total. The van der Waals surface area contributed by atoms with Crippen LogP contribution in [0.5, 0.6) is 0 Å². The van der Waals surface area contributed by atoms with Gasteiger partial charge in [0, 0.05) is 19.3 Å². The Morgan fingerprint density at radius 1 is 1.50 bits per heavy atom. The molecule has 0 spiro atoms. The summed E-state index contributed by atoms with van der Waals surface area (Å²) in [5.74, 6) is 0.0217. The van der Waals surface area contributed by atoms with E-state index in [9.17, 15) is 0 Å². The summed E-state index contributed by atoms with van der Waals surface area (Å²) in [6, 6.07) is 4.30. The van der Waals surface area contributed by atoms with Crippen LogP contribution >= 0.6 is 0 Å². The lowest BCUT2D eigenvalue weighted by Gasteiger charge is -2.29. The number of nitrogen functional groups attached to an aromatic ring is 1. The van der Waals surface area contributed by atoms with E-state index >= 15 is 0 Å². The van der Waals surface area contributed by atoms with Gasteiger partial charge in [-0.2, -0.15) is 0 Å². The van der Waals surface area contributed by atoms with Crippen LogP contribution in [0.1, 0.15) is 32.4 Å². The van der Waals surface area contributed by atoms with Gasteiger partial charge in [0.2, 0.25) is 0 Å². The maximum atomic E-state index is 7.51. The van der Waals surface area contributed by atoms with E-state index in [0.29, 0.717) is 11.7 Å². The SMILES string of the molecule is CCC(CC)N(C)c1cccnc1C(=N)N. The Balaban J connectivity index is 3.07. The summed E-state index contributed by atoms with van der Waals surface area (Å²) in [5, 5.41) is 7.51. The van der Waals surface area contributed by atoms with Gasteiger partial charge in [-0.05, 0) is 25.0 Å². The van der Waals surface area contributed by atoms with Crippen LogP contribution in [0, 0.1) is 5.41 Å². The molecule has 1 aromatic heterocycles. The van der Waals surface area contributed by atoms with Gasteiger partial charge in [-0.1, -0.05) is 13.8 Å².